The molecule has 110 valence electrons. The molecule has 0 bridgehead atoms. The molecule has 0 unspecified atom stereocenters. The third-order valence-corrected chi connectivity index (χ3v) is 4.83. The van der Waals surface area contributed by atoms with E-state index in [1.54, 1.807) is 0 Å². The minimum Gasteiger partial charge on any atom is -0.464 e. The monoisotopic (exact) mass is 296 g/mol. The highest BCUT2D eigenvalue weighted by Gasteiger charge is 2.14. The molecule has 0 radical (unpaired) electrons. The Bertz CT molecular complexity index is 509. The molecule has 0 aliphatic heterocycles. The van der Waals surface area contributed by atoms with Gasteiger partial charge in [-0.25, -0.2) is 9.48 Å². The smallest absolute Gasteiger partial charge is 0.358 e. The number of hydrogen-bond acceptors (Lipinski definition) is 5. The zero-order valence-electron chi connectivity index (χ0n) is 11.7. The Labute approximate surface area is 122 Å². The molecule has 0 atom stereocenters. The normalized spacial score (nSPS) is 16.1. The van der Waals surface area contributed by atoms with Crippen LogP contribution in [-0.2, 0) is 11.3 Å². The molecule has 6 heteroatoms. The first-order valence-corrected chi connectivity index (χ1v) is 8.03. The molecule has 1 aromatic rings. The highest BCUT2D eigenvalue weighted by Crippen LogP contribution is 2.27. The number of rotatable bonds is 5. The van der Waals surface area contributed by atoms with Gasteiger partial charge in [0.25, 0.3) is 5.56 Å². The van der Waals surface area contributed by atoms with Crippen LogP contribution in [0, 0.1) is 0 Å². The third-order valence-electron chi connectivity index (χ3n) is 3.47. The van der Waals surface area contributed by atoms with E-state index in [-0.39, 0.29) is 11.3 Å². The number of carbonyl (C=O) groups excluding carboxylic acids is 1. The van der Waals surface area contributed by atoms with E-state index >= 15 is 0 Å². The van der Waals surface area contributed by atoms with Crippen LogP contribution in [-0.4, -0.2) is 33.9 Å². The summed E-state index contributed by atoms with van der Waals surface area (Å²) in [6.45, 7) is 0.533. The zero-order valence-corrected chi connectivity index (χ0v) is 12.5. The van der Waals surface area contributed by atoms with E-state index in [0.717, 1.165) is 5.75 Å². The van der Waals surface area contributed by atoms with Crippen LogP contribution in [0.3, 0.4) is 0 Å². The first kappa shape index (κ1) is 15.1. The Kier molecular flexibility index (Phi) is 5.64. The summed E-state index contributed by atoms with van der Waals surface area (Å²) in [6, 6.07) is 2.77. The van der Waals surface area contributed by atoms with Crippen molar-refractivity contribution in [3.63, 3.8) is 0 Å². The Morgan fingerprint density at radius 2 is 2.15 bits per heavy atom. The summed E-state index contributed by atoms with van der Waals surface area (Å²) in [5.41, 5.74) is -0.00309. The summed E-state index contributed by atoms with van der Waals surface area (Å²) in [7, 11) is 1.30. The van der Waals surface area contributed by atoms with Gasteiger partial charge in [-0.3, -0.25) is 4.79 Å². The minimum atomic E-state index is -0.515. The lowest BCUT2D eigenvalue weighted by Crippen LogP contribution is -2.26. The molecule has 1 aliphatic rings. The van der Waals surface area contributed by atoms with Gasteiger partial charge in [-0.1, -0.05) is 19.3 Å². The van der Waals surface area contributed by atoms with Crippen molar-refractivity contribution in [3.05, 3.63) is 28.2 Å². The summed E-state index contributed by atoms with van der Waals surface area (Å²) in [5.74, 6) is 0.334. The maximum absolute atomic E-state index is 11.7. The maximum atomic E-state index is 11.7. The zero-order chi connectivity index (χ0) is 14.4. The van der Waals surface area contributed by atoms with Crippen molar-refractivity contribution in [2.45, 2.75) is 43.9 Å². The summed E-state index contributed by atoms with van der Waals surface area (Å²) < 4.78 is 5.96. The molecule has 0 aromatic carbocycles. The molecule has 0 saturated heterocycles. The van der Waals surface area contributed by atoms with E-state index in [1.165, 1.54) is 56.0 Å². The topological polar surface area (TPSA) is 61.2 Å². The SMILES string of the molecule is COC(=O)c1ccc(=O)n(CCSC2CCCCC2)n1. The van der Waals surface area contributed by atoms with Crippen LogP contribution >= 0.6 is 11.8 Å². The molecule has 0 spiro atoms. The summed E-state index contributed by atoms with van der Waals surface area (Å²) in [4.78, 5) is 23.1. The molecule has 1 fully saturated rings. The van der Waals surface area contributed by atoms with Crippen LogP contribution in [0.5, 0.6) is 0 Å². The highest BCUT2D eigenvalue weighted by molar-refractivity contribution is 7.99. The van der Waals surface area contributed by atoms with E-state index in [4.69, 9.17) is 0 Å². The lowest BCUT2D eigenvalue weighted by Gasteiger charge is -2.20. The van der Waals surface area contributed by atoms with E-state index in [0.29, 0.717) is 11.8 Å². The number of methoxy groups -OCH3 is 1. The number of nitrogens with zero attached hydrogens (tertiary/aromatic N) is 2. The van der Waals surface area contributed by atoms with Crippen LogP contribution in [0.4, 0.5) is 0 Å². The average Bonchev–Trinajstić information content (AvgIpc) is 2.49. The van der Waals surface area contributed by atoms with Gasteiger partial charge in [0, 0.05) is 17.1 Å². The predicted molar refractivity (Wildman–Crippen MR) is 79.2 cm³/mol. The number of aryl methyl sites for hydroxylation is 1. The minimum absolute atomic E-state index is 0.176. The molecular weight excluding hydrogens is 276 g/mol. The second-order valence-corrected chi connectivity index (χ2v) is 6.31. The Morgan fingerprint density at radius 3 is 2.85 bits per heavy atom. The molecule has 1 heterocycles. The molecule has 1 aromatic heterocycles. The Hall–Kier alpha value is -1.30. The van der Waals surface area contributed by atoms with Crippen LogP contribution in [0.2, 0.25) is 0 Å². The first-order chi connectivity index (χ1) is 9.70. The van der Waals surface area contributed by atoms with Crippen molar-refractivity contribution in [2.24, 2.45) is 0 Å². The molecule has 1 saturated carbocycles. The van der Waals surface area contributed by atoms with Crippen molar-refractivity contribution in [2.75, 3.05) is 12.9 Å². The summed E-state index contributed by atoms with van der Waals surface area (Å²) in [6.07, 6.45) is 6.52. The van der Waals surface area contributed by atoms with Gasteiger partial charge in [-0.2, -0.15) is 16.9 Å². The van der Waals surface area contributed by atoms with Crippen LogP contribution in [0.15, 0.2) is 16.9 Å². The van der Waals surface area contributed by atoms with Gasteiger partial charge in [-0.15, -0.1) is 0 Å². The predicted octanol–water partition coefficient (Wildman–Crippen LogP) is 2.10. The summed E-state index contributed by atoms with van der Waals surface area (Å²) in [5, 5.41) is 4.75. The van der Waals surface area contributed by atoms with Crippen molar-refractivity contribution >= 4 is 17.7 Å². The summed E-state index contributed by atoms with van der Waals surface area (Å²) >= 11 is 1.91. The van der Waals surface area contributed by atoms with E-state index < -0.39 is 5.97 Å². The number of aromatic nitrogens is 2. The first-order valence-electron chi connectivity index (χ1n) is 6.99. The average molecular weight is 296 g/mol. The van der Waals surface area contributed by atoms with E-state index in [9.17, 15) is 9.59 Å². The molecule has 5 nitrogen and oxygen atoms in total. The van der Waals surface area contributed by atoms with Crippen molar-refractivity contribution in [1.29, 1.82) is 0 Å². The van der Waals surface area contributed by atoms with Gasteiger partial charge >= 0.3 is 5.97 Å². The van der Waals surface area contributed by atoms with Crippen LogP contribution < -0.4 is 5.56 Å². The molecule has 20 heavy (non-hydrogen) atoms. The van der Waals surface area contributed by atoms with Crippen LogP contribution in [0.25, 0.3) is 0 Å². The van der Waals surface area contributed by atoms with Gasteiger partial charge < -0.3 is 4.74 Å². The fourth-order valence-electron chi connectivity index (χ4n) is 2.36. The second kappa shape index (κ2) is 7.47. The third kappa shape index (κ3) is 4.10. The van der Waals surface area contributed by atoms with Gasteiger partial charge in [0.1, 0.15) is 0 Å². The van der Waals surface area contributed by atoms with Gasteiger partial charge in [0.15, 0.2) is 5.69 Å². The molecular formula is C14H20N2O3S. The number of thioether (sulfide) groups is 1. The number of ether oxygens (including phenoxy) is 1. The fraction of sp³-hybridized carbons (Fsp3) is 0.643. The quantitative estimate of drug-likeness (QED) is 0.779. The molecule has 0 amide bonds. The Morgan fingerprint density at radius 1 is 1.40 bits per heavy atom. The highest BCUT2D eigenvalue weighted by atomic mass is 32.2. The van der Waals surface area contributed by atoms with Gasteiger partial charge in [-0.05, 0) is 18.9 Å². The largest absolute Gasteiger partial charge is 0.464 e. The van der Waals surface area contributed by atoms with Crippen molar-refractivity contribution < 1.29 is 9.53 Å². The van der Waals surface area contributed by atoms with Gasteiger partial charge in [0.05, 0.1) is 13.7 Å². The second-order valence-electron chi connectivity index (χ2n) is 4.90. The fourth-order valence-corrected chi connectivity index (χ4v) is 3.64. The number of carbonyl (C=O) groups is 1. The molecule has 0 N–H and O–H groups in total. The van der Waals surface area contributed by atoms with Crippen LogP contribution in [0.1, 0.15) is 42.6 Å². The number of hydrogen-bond donors (Lipinski definition) is 0. The molecule has 1 aliphatic carbocycles. The van der Waals surface area contributed by atoms with E-state index in [2.05, 4.69) is 9.84 Å². The number of esters is 1. The van der Waals surface area contributed by atoms with Gasteiger partial charge in [0.2, 0.25) is 0 Å². The standard InChI is InChI=1S/C14H20N2O3S/c1-19-14(18)12-7-8-13(17)16(15-12)9-10-20-11-5-3-2-4-6-11/h7-8,11H,2-6,9-10H2,1H3. The van der Waals surface area contributed by atoms with E-state index in [1.807, 2.05) is 11.8 Å². The van der Waals surface area contributed by atoms with Crippen molar-refractivity contribution in [1.82, 2.24) is 9.78 Å². The lowest BCUT2D eigenvalue weighted by atomic mass is 10.0. The molecule has 2 rings (SSSR count). The maximum Gasteiger partial charge on any atom is 0.358 e. The lowest BCUT2D eigenvalue weighted by molar-refractivity contribution is 0.0591. The Balaban J connectivity index is 1.91. The van der Waals surface area contributed by atoms with Crippen molar-refractivity contribution in [3.8, 4) is 0 Å².